The van der Waals surface area contributed by atoms with Crippen molar-refractivity contribution in [2.75, 3.05) is 0 Å². The molecular formula is C18H17ClN4S. The molecule has 0 unspecified atom stereocenters. The Morgan fingerprint density at radius 1 is 1.08 bits per heavy atom. The highest BCUT2D eigenvalue weighted by Crippen LogP contribution is 2.38. The largest absolute Gasteiger partial charge is 0.273 e. The molecule has 4 nitrogen and oxygen atoms in total. The third-order valence-electron chi connectivity index (χ3n) is 4.47. The number of thiophene rings is 1. The van der Waals surface area contributed by atoms with Crippen molar-refractivity contribution in [2.45, 2.75) is 33.7 Å². The van der Waals surface area contributed by atoms with E-state index in [-0.39, 0.29) is 6.04 Å². The molecule has 0 radical (unpaired) electrons. The van der Waals surface area contributed by atoms with Crippen LogP contribution in [0.5, 0.6) is 0 Å². The van der Waals surface area contributed by atoms with Crippen LogP contribution in [-0.4, -0.2) is 20.5 Å². The van der Waals surface area contributed by atoms with Gasteiger partial charge in [-0.1, -0.05) is 23.7 Å². The molecule has 4 rings (SSSR count). The van der Waals surface area contributed by atoms with Crippen LogP contribution in [0.2, 0.25) is 5.02 Å². The van der Waals surface area contributed by atoms with E-state index in [4.69, 9.17) is 16.6 Å². The fraction of sp³-hybridized carbons (Fsp3) is 0.278. The number of benzene rings is 1. The highest BCUT2D eigenvalue weighted by Gasteiger charge is 2.29. The van der Waals surface area contributed by atoms with Crippen LogP contribution in [0.4, 0.5) is 0 Å². The molecule has 3 aromatic rings. The van der Waals surface area contributed by atoms with E-state index in [2.05, 4.69) is 35.5 Å². The van der Waals surface area contributed by atoms with Crippen LogP contribution in [0.25, 0.3) is 5.00 Å². The quantitative estimate of drug-likeness (QED) is 0.627. The fourth-order valence-electron chi connectivity index (χ4n) is 3.09. The van der Waals surface area contributed by atoms with Crippen molar-refractivity contribution in [3.63, 3.8) is 0 Å². The van der Waals surface area contributed by atoms with Gasteiger partial charge in [0.05, 0.1) is 5.71 Å². The third kappa shape index (κ3) is 2.23. The Balaban J connectivity index is 2.04. The molecule has 0 aliphatic carbocycles. The Kier molecular flexibility index (Phi) is 3.58. The first-order valence-electron chi connectivity index (χ1n) is 7.83. The molecule has 0 N–H and O–H groups in total. The van der Waals surface area contributed by atoms with Crippen LogP contribution in [0.15, 0.2) is 29.3 Å². The Morgan fingerprint density at radius 2 is 1.79 bits per heavy atom. The molecule has 3 heterocycles. The first kappa shape index (κ1) is 15.5. The molecule has 1 aliphatic heterocycles. The monoisotopic (exact) mass is 356 g/mol. The third-order valence-corrected chi connectivity index (χ3v) is 5.91. The molecule has 122 valence electrons. The second-order valence-electron chi connectivity index (χ2n) is 6.06. The normalized spacial score (nSPS) is 16.4. The van der Waals surface area contributed by atoms with Crippen molar-refractivity contribution in [3.8, 4) is 5.00 Å². The van der Waals surface area contributed by atoms with E-state index in [1.807, 2.05) is 31.2 Å². The number of aryl methyl sites for hydroxylation is 2. The SMILES string of the molecule is Cc1sc2c(c1C)C(c1ccc(Cl)cc1)=N[C@H](C)c1nnc(C)n1-2. The minimum absolute atomic E-state index is 0.0591. The molecule has 1 atom stereocenters. The van der Waals surface area contributed by atoms with Gasteiger partial charge in [-0.15, -0.1) is 21.5 Å². The number of aliphatic imine (C=N–C) groups is 1. The second kappa shape index (κ2) is 5.53. The van der Waals surface area contributed by atoms with Crippen LogP contribution in [-0.2, 0) is 0 Å². The lowest BCUT2D eigenvalue weighted by molar-refractivity contribution is 0.724. The van der Waals surface area contributed by atoms with Crippen LogP contribution in [0.3, 0.4) is 0 Å². The van der Waals surface area contributed by atoms with E-state index in [9.17, 15) is 0 Å². The summed E-state index contributed by atoms with van der Waals surface area (Å²) in [6.07, 6.45) is 0. The Labute approximate surface area is 149 Å². The van der Waals surface area contributed by atoms with E-state index in [1.54, 1.807) is 11.3 Å². The summed E-state index contributed by atoms with van der Waals surface area (Å²) >= 11 is 7.83. The maximum atomic E-state index is 6.06. The number of rotatable bonds is 1. The van der Waals surface area contributed by atoms with Crippen molar-refractivity contribution in [2.24, 2.45) is 4.99 Å². The molecule has 0 bridgehead atoms. The average molecular weight is 357 g/mol. The zero-order chi connectivity index (χ0) is 17.0. The molecule has 0 spiro atoms. The molecule has 24 heavy (non-hydrogen) atoms. The number of fused-ring (bicyclic) bond motifs is 3. The Morgan fingerprint density at radius 3 is 2.50 bits per heavy atom. The van der Waals surface area contributed by atoms with Crippen LogP contribution in [0, 0.1) is 20.8 Å². The minimum atomic E-state index is -0.0591. The van der Waals surface area contributed by atoms with E-state index >= 15 is 0 Å². The smallest absolute Gasteiger partial charge is 0.162 e. The van der Waals surface area contributed by atoms with Gasteiger partial charge < -0.3 is 0 Å². The highest BCUT2D eigenvalue weighted by molar-refractivity contribution is 7.15. The molecule has 0 saturated heterocycles. The van der Waals surface area contributed by atoms with E-state index in [0.29, 0.717) is 0 Å². The minimum Gasteiger partial charge on any atom is -0.273 e. The predicted molar refractivity (Wildman–Crippen MR) is 99.0 cm³/mol. The summed E-state index contributed by atoms with van der Waals surface area (Å²) in [5.41, 5.74) is 4.51. The number of nitrogens with zero attached hydrogens (tertiary/aromatic N) is 4. The lowest BCUT2D eigenvalue weighted by Crippen LogP contribution is -2.07. The Hall–Kier alpha value is -1.98. The summed E-state index contributed by atoms with van der Waals surface area (Å²) < 4.78 is 2.15. The molecular weight excluding hydrogens is 340 g/mol. The van der Waals surface area contributed by atoms with Crippen molar-refractivity contribution in [3.05, 3.63) is 62.5 Å². The van der Waals surface area contributed by atoms with Gasteiger partial charge in [0.2, 0.25) is 0 Å². The lowest BCUT2D eigenvalue weighted by Gasteiger charge is -2.09. The standard InChI is InChI=1S/C18H17ClN4S/c1-9-11(3)24-18-15(9)16(13-5-7-14(19)8-6-13)20-10(2)17-22-21-12(4)23(17)18/h5-8,10H,1-4H3/t10-/m1/s1. The summed E-state index contributed by atoms with van der Waals surface area (Å²) in [6.45, 7) is 8.36. The van der Waals surface area contributed by atoms with Crippen LogP contribution < -0.4 is 0 Å². The maximum Gasteiger partial charge on any atom is 0.162 e. The zero-order valence-corrected chi connectivity index (χ0v) is 15.5. The molecule has 0 amide bonds. The molecule has 1 aliphatic rings. The van der Waals surface area contributed by atoms with Gasteiger partial charge in [-0.25, -0.2) is 0 Å². The summed E-state index contributed by atoms with van der Waals surface area (Å²) in [7, 11) is 0. The Bertz CT molecular complexity index is 966. The summed E-state index contributed by atoms with van der Waals surface area (Å²) in [4.78, 5) is 6.29. The molecule has 6 heteroatoms. The molecule has 0 fully saturated rings. The highest BCUT2D eigenvalue weighted by atomic mass is 35.5. The van der Waals surface area contributed by atoms with Crippen molar-refractivity contribution in [1.82, 2.24) is 14.8 Å². The first-order valence-corrected chi connectivity index (χ1v) is 9.03. The van der Waals surface area contributed by atoms with Crippen molar-refractivity contribution < 1.29 is 0 Å². The fourth-order valence-corrected chi connectivity index (χ4v) is 4.43. The van der Waals surface area contributed by atoms with Crippen molar-refractivity contribution >= 4 is 28.6 Å². The summed E-state index contributed by atoms with van der Waals surface area (Å²) in [5.74, 6) is 1.78. The average Bonchev–Trinajstić information content (AvgIpc) is 3.03. The van der Waals surface area contributed by atoms with Gasteiger partial charge in [-0.05, 0) is 45.4 Å². The van der Waals surface area contributed by atoms with Gasteiger partial charge in [-0.3, -0.25) is 9.56 Å². The van der Waals surface area contributed by atoms with Crippen LogP contribution in [0.1, 0.15) is 46.2 Å². The van der Waals surface area contributed by atoms with Gasteiger partial charge in [-0.2, -0.15) is 0 Å². The number of aromatic nitrogens is 3. The van der Waals surface area contributed by atoms with Crippen LogP contribution >= 0.6 is 22.9 Å². The topological polar surface area (TPSA) is 43.1 Å². The van der Waals surface area contributed by atoms with Crippen molar-refractivity contribution in [1.29, 1.82) is 0 Å². The summed E-state index contributed by atoms with van der Waals surface area (Å²) in [5, 5.41) is 10.5. The molecule has 2 aromatic heterocycles. The number of hydrogen-bond acceptors (Lipinski definition) is 4. The van der Waals surface area contributed by atoms with E-state index < -0.39 is 0 Å². The lowest BCUT2D eigenvalue weighted by atomic mass is 10.00. The van der Waals surface area contributed by atoms with Gasteiger partial charge in [0.25, 0.3) is 0 Å². The van der Waals surface area contributed by atoms with Gasteiger partial charge >= 0.3 is 0 Å². The maximum absolute atomic E-state index is 6.06. The van der Waals surface area contributed by atoms with Gasteiger partial charge in [0, 0.05) is 21.0 Å². The number of hydrogen-bond donors (Lipinski definition) is 0. The molecule has 0 saturated carbocycles. The molecule has 1 aromatic carbocycles. The predicted octanol–water partition coefficient (Wildman–Crippen LogP) is 4.82. The number of halogens is 1. The van der Waals surface area contributed by atoms with E-state index in [0.717, 1.165) is 32.9 Å². The second-order valence-corrected chi connectivity index (χ2v) is 7.70. The van der Waals surface area contributed by atoms with E-state index in [1.165, 1.54) is 16.0 Å². The van der Waals surface area contributed by atoms with Gasteiger partial charge in [0.15, 0.2) is 5.82 Å². The van der Waals surface area contributed by atoms with Gasteiger partial charge in [0.1, 0.15) is 16.9 Å². The first-order chi connectivity index (χ1) is 11.5. The summed E-state index contributed by atoms with van der Waals surface area (Å²) in [6, 6.07) is 7.83. The zero-order valence-electron chi connectivity index (χ0n) is 14.0.